The molecular weight excluding hydrogens is 234 g/mol. The predicted molar refractivity (Wildman–Crippen MR) is 65.6 cm³/mol. The van der Waals surface area contributed by atoms with Crippen LogP contribution < -0.4 is 10.6 Å². The van der Waals surface area contributed by atoms with Crippen molar-refractivity contribution >= 4 is 11.5 Å². The zero-order valence-electron chi connectivity index (χ0n) is 10.1. The van der Waals surface area contributed by atoms with E-state index in [1.54, 1.807) is 6.07 Å². The van der Waals surface area contributed by atoms with Crippen molar-refractivity contribution in [2.75, 3.05) is 18.0 Å². The van der Waals surface area contributed by atoms with Gasteiger partial charge in [0.1, 0.15) is 5.82 Å². The molecule has 0 spiro atoms. The summed E-state index contributed by atoms with van der Waals surface area (Å²) >= 11 is 0. The predicted octanol–water partition coefficient (Wildman–Crippen LogP) is -0.375. The first-order valence-corrected chi connectivity index (χ1v) is 6.02. The molecule has 7 heteroatoms. The lowest BCUT2D eigenvalue weighted by molar-refractivity contribution is 0.0968. The SMILES string of the molecule is CC1CN(c2ccc3n[nH]c(=O)n3n2)CCC1O. The second kappa shape index (κ2) is 4.09. The van der Waals surface area contributed by atoms with Gasteiger partial charge in [0.25, 0.3) is 0 Å². The first-order valence-electron chi connectivity index (χ1n) is 6.02. The van der Waals surface area contributed by atoms with E-state index in [1.165, 1.54) is 4.52 Å². The number of nitrogens with one attached hydrogen (secondary N) is 1. The first-order chi connectivity index (χ1) is 8.65. The first kappa shape index (κ1) is 11.2. The molecule has 0 radical (unpaired) electrons. The standard InChI is InChI=1S/C11H15N5O2/c1-7-6-15(5-4-8(7)17)10-3-2-9-12-13-11(18)16(9)14-10/h2-3,7-8,17H,4-6H2,1H3,(H,13,18). The van der Waals surface area contributed by atoms with Crippen molar-refractivity contribution in [3.8, 4) is 0 Å². The smallest absolute Gasteiger partial charge is 0.364 e. The highest BCUT2D eigenvalue weighted by Gasteiger charge is 2.25. The third-order valence-corrected chi connectivity index (χ3v) is 3.44. The number of hydrogen-bond acceptors (Lipinski definition) is 5. The van der Waals surface area contributed by atoms with Crippen molar-refractivity contribution in [2.24, 2.45) is 5.92 Å². The van der Waals surface area contributed by atoms with Gasteiger partial charge < -0.3 is 10.0 Å². The van der Waals surface area contributed by atoms with Crippen molar-refractivity contribution in [3.63, 3.8) is 0 Å². The van der Waals surface area contributed by atoms with Crippen LogP contribution >= 0.6 is 0 Å². The third-order valence-electron chi connectivity index (χ3n) is 3.44. The van der Waals surface area contributed by atoms with E-state index in [0.717, 1.165) is 25.3 Å². The molecule has 0 bridgehead atoms. The highest BCUT2D eigenvalue weighted by Crippen LogP contribution is 2.21. The molecule has 96 valence electrons. The molecule has 0 aromatic carbocycles. The zero-order valence-corrected chi connectivity index (χ0v) is 10.1. The fourth-order valence-corrected chi connectivity index (χ4v) is 2.30. The number of aliphatic hydroxyl groups excluding tert-OH is 1. The molecule has 3 rings (SSSR count). The Labute approximate surface area is 103 Å². The van der Waals surface area contributed by atoms with Crippen LogP contribution in [0.15, 0.2) is 16.9 Å². The lowest BCUT2D eigenvalue weighted by atomic mass is 9.97. The third kappa shape index (κ3) is 1.76. The molecular formula is C11H15N5O2. The Balaban J connectivity index is 1.94. The van der Waals surface area contributed by atoms with Crippen LogP contribution in [0.1, 0.15) is 13.3 Å². The van der Waals surface area contributed by atoms with Gasteiger partial charge >= 0.3 is 5.69 Å². The maximum absolute atomic E-state index is 11.5. The van der Waals surface area contributed by atoms with Crippen LogP contribution in [0.5, 0.6) is 0 Å². The topological polar surface area (TPSA) is 86.5 Å². The van der Waals surface area contributed by atoms with Crippen molar-refractivity contribution in [3.05, 3.63) is 22.6 Å². The lowest BCUT2D eigenvalue weighted by Crippen LogP contribution is -2.42. The monoisotopic (exact) mass is 249 g/mol. The summed E-state index contributed by atoms with van der Waals surface area (Å²) in [5.74, 6) is 0.946. The van der Waals surface area contributed by atoms with E-state index in [0.29, 0.717) is 5.65 Å². The van der Waals surface area contributed by atoms with Crippen LogP contribution in [-0.2, 0) is 0 Å². The molecule has 0 amide bonds. The van der Waals surface area contributed by atoms with E-state index in [2.05, 4.69) is 20.2 Å². The molecule has 18 heavy (non-hydrogen) atoms. The van der Waals surface area contributed by atoms with Crippen molar-refractivity contribution in [1.82, 2.24) is 19.8 Å². The summed E-state index contributed by atoms with van der Waals surface area (Å²) in [5, 5.41) is 20.2. The van der Waals surface area contributed by atoms with Crippen LogP contribution in [0.3, 0.4) is 0 Å². The molecule has 0 saturated carbocycles. The summed E-state index contributed by atoms with van der Waals surface area (Å²) in [5.41, 5.74) is 0.172. The molecule has 2 aromatic heterocycles. The summed E-state index contributed by atoms with van der Waals surface area (Å²) in [6, 6.07) is 3.61. The fourth-order valence-electron chi connectivity index (χ4n) is 2.30. The Morgan fingerprint density at radius 2 is 2.33 bits per heavy atom. The van der Waals surface area contributed by atoms with Gasteiger partial charge in [0.2, 0.25) is 0 Å². The van der Waals surface area contributed by atoms with E-state index in [1.807, 2.05) is 13.0 Å². The highest BCUT2D eigenvalue weighted by atomic mass is 16.3. The molecule has 2 aromatic rings. The summed E-state index contributed by atoms with van der Waals surface area (Å²) in [4.78, 5) is 13.5. The Kier molecular flexibility index (Phi) is 2.55. The maximum Gasteiger partial charge on any atom is 0.364 e. The van der Waals surface area contributed by atoms with E-state index in [-0.39, 0.29) is 17.7 Å². The minimum absolute atomic E-state index is 0.206. The lowest BCUT2D eigenvalue weighted by Gasteiger charge is -2.34. The van der Waals surface area contributed by atoms with Crippen LogP contribution in [-0.4, -0.2) is 44.1 Å². The van der Waals surface area contributed by atoms with Crippen molar-refractivity contribution in [1.29, 1.82) is 0 Å². The number of nitrogens with zero attached hydrogens (tertiary/aromatic N) is 4. The minimum Gasteiger partial charge on any atom is -0.393 e. The largest absolute Gasteiger partial charge is 0.393 e. The van der Waals surface area contributed by atoms with E-state index in [4.69, 9.17) is 0 Å². The summed E-state index contributed by atoms with van der Waals surface area (Å²) in [7, 11) is 0. The number of anilines is 1. The van der Waals surface area contributed by atoms with Gasteiger partial charge in [-0.2, -0.15) is 9.61 Å². The average Bonchev–Trinajstić information content (AvgIpc) is 2.74. The summed E-state index contributed by atoms with van der Waals surface area (Å²) in [6.45, 7) is 3.50. The Morgan fingerprint density at radius 1 is 1.50 bits per heavy atom. The normalized spacial score (nSPS) is 24.7. The van der Waals surface area contributed by atoms with Gasteiger partial charge in [0.05, 0.1) is 6.10 Å². The van der Waals surface area contributed by atoms with Crippen LogP contribution in [0, 0.1) is 5.92 Å². The maximum atomic E-state index is 11.5. The summed E-state index contributed by atoms with van der Waals surface area (Å²) in [6.07, 6.45) is 0.475. The number of aromatic nitrogens is 4. The van der Waals surface area contributed by atoms with Crippen LogP contribution in [0.25, 0.3) is 5.65 Å². The quantitative estimate of drug-likeness (QED) is 0.719. The molecule has 2 atom stereocenters. The van der Waals surface area contributed by atoms with E-state index >= 15 is 0 Å². The molecule has 7 nitrogen and oxygen atoms in total. The van der Waals surface area contributed by atoms with Gasteiger partial charge in [0, 0.05) is 13.1 Å². The van der Waals surface area contributed by atoms with Gasteiger partial charge in [-0.1, -0.05) is 6.92 Å². The Hall–Kier alpha value is -1.89. The summed E-state index contributed by atoms with van der Waals surface area (Å²) < 4.78 is 1.25. The number of aromatic amines is 1. The second-order valence-corrected chi connectivity index (χ2v) is 4.77. The Bertz CT molecular complexity index is 619. The van der Waals surface area contributed by atoms with Gasteiger partial charge in [-0.3, -0.25) is 0 Å². The molecule has 1 fully saturated rings. The average molecular weight is 249 g/mol. The minimum atomic E-state index is -0.336. The van der Waals surface area contributed by atoms with Gasteiger partial charge in [-0.05, 0) is 24.5 Å². The second-order valence-electron chi connectivity index (χ2n) is 4.77. The van der Waals surface area contributed by atoms with Crippen molar-refractivity contribution < 1.29 is 5.11 Å². The highest BCUT2D eigenvalue weighted by molar-refractivity contribution is 5.45. The van der Waals surface area contributed by atoms with Gasteiger partial charge in [-0.15, -0.1) is 5.10 Å². The molecule has 1 saturated heterocycles. The van der Waals surface area contributed by atoms with Crippen LogP contribution in [0.4, 0.5) is 5.82 Å². The van der Waals surface area contributed by atoms with Gasteiger partial charge in [-0.25, -0.2) is 9.89 Å². The van der Waals surface area contributed by atoms with Crippen molar-refractivity contribution in [2.45, 2.75) is 19.4 Å². The fraction of sp³-hybridized carbons (Fsp3) is 0.545. The molecule has 0 aliphatic carbocycles. The molecule has 1 aliphatic heterocycles. The van der Waals surface area contributed by atoms with Gasteiger partial charge in [0.15, 0.2) is 5.65 Å². The molecule has 3 heterocycles. The van der Waals surface area contributed by atoms with E-state index in [9.17, 15) is 9.90 Å². The number of H-pyrrole nitrogens is 1. The number of aliphatic hydroxyl groups is 1. The zero-order chi connectivity index (χ0) is 12.7. The number of piperidine rings is 1. The number of fused-ring (bicyclic) bond motifs is 1. The molecule has 1 aliphatic rings. The molecule has 2 unspecified atom stereocenters. The van der Waals surface area contributed by atoms with Crippen LogP contribution in [0.2, 0.25) is 0 Å². The number of hydrogen-bond donors (Lipinski definition) is 2. The number of rotatable bonds is 1. The van der Waals surface area contributed by atoms with E-state index < -0.39 is 0 Å². The molecule has 2 N–H and O–H groups in total. The Morgan fingerprint density at radius 3 is 3.11 bits per heavy atom.